The van der Waals surface area contributed by atoms with E-state index < -0.39 is 5.97 Å². The topological polar surface area (TPSA) is 75.1 Å². The Morgan fingerprint density at radius 1 is 1.23 bits per heavy atom. The number of hydrogen-bond acceptors (Lipinski definition) is 3. The van der Waals surface area contributed by atoms with Crippen LogP contribution < -0.4 is 5.56 Å². The second-order valence-corrected chi connectivity index (χ2v) is 5.33. The molecule has 0 saturated carbocycles. The first-order chi connectivity index (χ1) is 10.5. The Kier molecular flexibility index (Phi) is 3.38. The third-order valence-corrected chi connectivity index (χ3v) is 3.71. The van der Waals surface area contributed by atoms with Crippen molar-refractivity contribution in [2.75, 3.05) is 0 Å². The van der Waals surface area contributed by atoms with E-state index in [1.807, 2.05) is 0 Å². The minimum Gasteiger partial charge on any atom is -0.478 e. The number of rotatable bonds is 2. The highest BCUT2D eigenvalue weighted by molar-refractivity contribution is 7.71. The maximum absolute atomic E-state index is 12.7. The number of hydrogen-bond donors (Lipinski definition) is 2. The number of fused-ring (bicyclic) bond motifs is 1. The first-order valence-corrected chi connectivity index (χ1v) is 6.98. The van der Waals surface area contributed by atoms with Gasteiger partial charge in [0.25, 0.3) is 5.56 Å². The van der Waals surface area contributed by atoms with Gasteiger partial charge >= 0.3 is 5.97 Å². The minimum absolute atomic E-state index is 0.0388. The van der Waals surface area contributed by atoms with E-state index in [4.69, 9.17) is 12.2 Å². The first kappa shape index (κ1) is 14.2. The number of carbonyl (C=O) groups is 1. The molecule has 2 aromatic carbocycles. The molecule has 2 N–H and O–H groups in total. The van der Waals surface area contributed by atoms with Crippen LogP contribution in [0.1, 0.15) is 15.9 Å². The molecule has 1 heterocycles. The summed E-state index contributed by atoms with van der Waals surface area (Å²) in [6.07, 6.45) is 0. The lowest BCUT2D eigenvalue weighted by molar-refractivity contribution is 0.0696. The van der Waals surface area contributed by atoms with Crippen LogP contribution in [0, 0.1) is 11.7 Å². The molecular formula is C16H12N2O3S. The number of benzene rings is 2. The fourth-order valence-electron chi connectivity index (χ4n) is 2.40. The van der Waals surface area contributed by atoms with Gasteiger partial charge in [-0.25, -0.2) is 4.79 Å². The van der Waals surface area contributed by atoms with Crippen molar-refractivity contribution in [3.05, 3.63) is 68.7 Å². The molecule has 22 heavy (non-hydrogen) atoms. The summed E-state index contributed by atoms with van der Waals surface area (Å²) in [7, 11) is 0. The predicted molar refractivity (Wildman–Crippen MR) is 86.4 cm³/mol. The van der Waals surface area contributed by atoms with Crippen molar-refractivity contribution in [3.8, 4) is 5.69 Å². The first-order valence-electron chi connectivity index (χ1n) is 6.57. The van der Waals surface area contributed by atoms with E-state index >= 15 is 0 Å². The van der Waals surface area contributed by atoms with E-state index in [9.17, 15) is 14.7 Å². The average molecular weight is 312 g/mol. The van der Waals surface area contributed by atoms with E-state index in [1.54, 1.807) is 43.3 Å². The van der Waals surface area contributed by atoms with Crippen molar-refractivity contribution in [2.24, 2.45) is 0 Å². The number of aromatic nitrogens is 2. The van der Waals surface area contributed by atoms with Gasteiger partial charge in [0, 0.05) is 0 Å². The molecule has 1 aromatic heterocycles. The SMILES string of the molecule is Cc1ccc(-n2c(=S)[nH]c3ccccc3c2=O)c(C(=O)O)c1. The molecule has 3 aromatic rings. The molecule has 0 radical (unpaired) electrons. The summed E-state index contributed by atoms with van der Waals surface area (Å²) in [5.41, 5.74) is 1.38. The van der Waals surface area contributed by atoms with E-state index in [0.29, 0.717) is 10.9 Å². The van der Waals surface area contributed by atoms with Crippen molar-refractivity contribution < 1.29 is 9.90 Å². The molecule has 0 unspecified atom stereocenters. The van der Waals surface area contributed by atoms with Crippen LogP contribution in [0.25, 0.3) is 16.6 Å². The van der Waals surface area contributed by atoms with E-state index in [0.717, 1.165) is 5.56 Å². The van der Waals surface area contributed by atoms with Crippen molar-refractivity contribution in [3.63, 3.8) is 0 Å². The molecule has 0 aliphatic carbocycles. The van der Waals surface area contributed by atoms with Crippen molar-refractivity contribution in [2.45, 2.75) is 6.92 Å². The number of nitrogens with zero attached hydrogens (tertiary/aromatic N) is 1. The number of para-hydroxylation sites is 1. The fraction of sp³-hybridized carbons (Fsp3) is 0.0625. The molecule has 110 valence electrons. The standard InChI is InChI=1S/C16H12N2O3S/c1-9-6-7-13(11(8-9)15(20)21)18-14(19)10-4-2-3-5-12(10)17-16(18)22/h2-8H,1H3,(H,17,22)(H,20,21). The largest absolute Gasteiger partial charge is 0.478 e. The minimum atomic E-state index is -1.10. The molecule has 0 spiro atoms. The van der Waals surface area contributed by atoms with E-state index in [1.165, 1.54) is 10.6 Å². The molecule has 0 amide bonds. The summed E-state index contributed by atoms with van der Waals surface area (Å²) in [5.74, 6) is -1.10. The quantitative estimate of drug-likeness (QED) is 0.713. The van der Waals surface area contributed by atoms with E-state index in [-0.39, 0.29) is 21.6 Å². The van der Waals surface area contributed by atoms with Gasteiger partial charge in [0.2, 0.25) is 0 Å². The smallest absolute Gasteiger partial charge is 0.337 e. The Balaban J connectivity index is 2.44. The fourth-order valence-corrected chi connectivity index (χ4v) is 2.69. The van der Waals surface area contributed by atoms with Crippen LogP contribution in [0.2, 0.25) is 0 Å². The summed E-state index contributed by atoms with van der Waals surface area (Å²) < 4.78 is 1.38. The highest BCUT2D eigenvalue weighted by atomic mass is 32.1. The van der Waals surface area contributed by atoms with Crippen LogP contribution in [0.4, 0.5) is 0 Å². The van der Waals surface area contributed by atoms with Crippen LogP contribution >= 0.6 is 12.2 Å². The highest BCUT2D eigenvalue weighted by Gasteiger charge is 2.15. The number of carboxylic acids is 1. The zero-order valence-corrected chi connectivity index (χ0v) is 12.5. The average Bonchev–Trinajstić information content (AvgIpc) is 2.48. The Morgan fingerprint density at radius 2 is 1.95 bits per heavy atom. The Morgan fingerprint density at radius 3 is 2.68 bits per heavy atom. The van der Waals surface area contributed by atoms with Crippen LogP contribution in [0.3, 0.4) is 0 Å². The zero-order valence-electron chi connectivity index (χ0n) is 11.7. The summed E-state index contributed by atoms with van der Waals surface area (Å²) in [4.78, 5) is 27.1. The summed E-state index contributed by atoms with van der Waals surface area (Å²) in [6, 6.07) is 11.8. The number of H-pyrrole nitrogens is 1. The second kappa shape index (κ2) is 5.23. The predicted octanol–water partition coefficient (Wildman–Crippen LogP) is 3.05. The van der Waals surface area contributed by atoms with Gasteiger partial charge < -0.3 is 10.1 Å². The van der Waals surface area contributed by atoms with Crippen molar-refractivity contribution >= 4 is 29.1 Å². The third kappa shape index (κ3) is 2.23. The van der Waals surface area contributed by atoms with E-state index in [2.05, 4.69) is 4.98 Å². The molecule has 0 atom stereocenters. The number of nitrogens with one attached hydrogen (secondary N) is 1. The highest BCUT2D eigenvalue weighted by Crippen LogP contribution is 2.17. The molecule has 0 aliphatic heterocycles. The second-order valence-electron chi connectivity index (χ2n) is 4.94. The lowest BCUT2D eigenvalue weighted by Crippen LogP contribution is -2.22. The maximum atomic E-state index is 12.7. The van der Waals surface area contributed by atoms with Gasteiger partial charge in [-0.3, -0.25) is 9.36 Å². The summed E-state index contributed by atoms with van der Waals surface area (Å²) in [5, 5.41) is 9.84. The lowest BCUT2D eigenvalue weighted by atomic mass is 10.1. The van der Waals surface area contributed by atoms with Gasteiger partial charge in [-0.1, -0.05) is 23.8 Å². The molecule has 0 aliphatic rings. The van der Waals surface area contributed by atoms with Gasteiger partial charge in [0.1, 0.15) is 0 Å². The zero-order chi connectivity index (χ0) is 15.9. The molecule has 0 fully saturated rings. The maximum Gasteiger partial charge on any atom is 0.337 e. The van der Waals surface area contributed by atoms with Gasteiger partial charge in [-0.2, -0.15) is 0 Å². The number of carboxylic acid groups (broad SMARTS) is 1. The van der Waals surface area contributed by atoms with Gasteiger partial charge in [-0.05, 0) is 43.4 Å². The Bertz CT molecular complexity index is 1020. The summed E-state index contributed by atoms with van der Waals surface area (Å²) >= 11 is 5.24. The normalized spacial score (nSPS) is 10.8. The molecule has 6 heteroatoms. The Hall–Kier alpha value is -2.73. The van der Waals surface area contributed by atoms with Crippen molar-refractivity contribution in [1.29, 1.82) is 0 Å². The Labute approximate surface area is 130 Å². The number of aryl methyl sites for hydroxylation is 1. The third-order valence-electron chi connectivity index (χ3n) is 3.43. The van der Waals surface area contributed by atoms with Crippen LogP contribution in [-0.4, -0.2) is 20.6 Å². The van der Waals surface area contributed by atoms with Gasteiger partial charge in [0.05, 0.1) is 22.2 Å². The van der Waals surface area contributed by atoms with Gasteiger partial charge in [0.15, 0.2) is 4.77 Å². The molecule has 3 rings (SSSR count). The molecule has 0 saturated heterocycles. The molecule has 5 nitrogen and oxygen atoms in total. The lowest BCUT2D eigenvalue weighted by Gasteiger charge is -2.11. The van der Waals surface area contributed by atoms with Crippen LogP contribution in [-0.2, 0) is 0 Å². The summed E-state index contributed by atoms with van der Waals surface area (Å²) in [6.45, 7) is 1.79. The van der Waals surface area contributed by atoms with Crippen molar-refractivity contribution in [1.82, 2.24) is 9.55 Å². The molecular weight excluding hydrogens is 300 g/mol. The molecule has 0 bridgehead atoms. The van der Waals surface area contributed by atoms with Crippen LogP contribution in [0.5, 0.6) is 0 Å². The van der Waals surface area contributed by atoms with Gasteiger partial charge in [-0.15, -0.1) is 0 Å². The van der Waals surface area contributed by atoms with Crippen LogP contribution in [0.15, 0.2) is 47.3 Å². The number of aromatic amines is 1. The monoisotopic (exact) mass is 312 g/mol. The number of aromatic carboxylic acids is 1.